The van der Waals surface area contributed by atoms with Crippen molar-refractivity contribution in [3.63, 3.8) is 0 Å². The molecule has 1 aliphatic rings. The normalized spacial score (nSPS) is 14.7. The Kier molecular flexibility index (Phi) is 3.94. The Hall–Kier alpha value is -2.25. The van der Waals surface area contributed by atoms with Gasteiger partial charge < -0.3 is 15.6 Å². The number of hydrogen-bond acceptors (Lipinski definition) is 5. The van der Waals surface area contributed by atoms with Gasteiger partial charge in [0.2, 0.25) is 5.91 Å². The first-order valence-electron chi connectivity index (χ1n) is 6.93. The Morgan fingerprint density at radius 2 is 2.19 bits per heavy atom. The molecule has 3 N–H and O–H groups in total. The van der Waals surface area contributed by atoms with Gasteiger partial charge in [-0.1, -0.05) is 18.2 Å². The van der Waals surface area contributed by atoms with Crippen molar-refractivity contribution >= 4 is 11.6 Å². The van der Waals surface area contributed by atoms with Crippen LogP contribution in [0, 0.1) is 0 Å². The van der Waals surface area contributed by atoms with Crippen LogP contribution in [0.3, 0.4) is 0 Å². The summed E-state index contributed by atoms with van der Waals surface area (Å²) in [6, 6.07) is 7.58. The fraction of sp³-hybridized carbons (Fsp3) is 0.357. The number of para-hydroxylation sites is 1. The number of fused-ring (bicyclic) bond motifs is 1. The molecule has 1 aromatic heterocycles. The third-order valence-electron chi connectivity index (χ3n) is 3.60. The summed E-state index contributed by atoms with van der Waals surface area (Å²) in [6.07, 6.45) is 1.73. The molecular weight excluding hydrogens is 268 g/mol. The van der Waals surface area contributed by atoms with Crippen molar-refractivity contribution < 1.29 is 4.79 Å². The van der Waals surface area contributed by atoms with Crippen molar-refractivity contribution in [3.05, 3.63) is 42.0 Å². The molecule has 0 fully saturated rings. The Morgan fingerprint density at radius 1 is 1.33 bits per heavy atom. The molecule has 0 radical (unpaired) electrons. The van der Waals surface area contributed by atoms with Crippen LogP contribution in [0.1, 0.15) is 11.4 Å². The number of benzene rings is 1. The summed E-state index contributed by atoms with van der Waals surface area (Å²) in [5.41, 5.74) is 7.39. The lowest BCUT2D eigenvalue weighted by molar-refractivity contribution is -0.117. The second-order valence-electron chi connectivity index (χ2n) is 5.06. The number of nitrogens with zero attached hydrogens (tertiary/aromatic N) is 4. The lowest BCUT2D eigenvalue weighted by Crippen LogP contribution is -2.39. The molecule has 0 saturated carbocycles. The van der Waals surface area contributed by atoms with Crippen molar-refractivity contribution in [2.24, 2.45) is 5.73 Å². The molecular formula is C14H18N6O. The van der Waals surface area contributed by atoms with E-state index in [1.165, 1.54) is 0 Å². The van der Waals surface area contributed by atoms with Gasteiger partial charge in [-0.3, -0.25) is 9.69 Å². The zero-order chi connectivity index (χ0) is 14.7. The molecule has 1 aliphatic heterocycles. The maximum Gasteiger partial charge on any atom is 0.238 e. The molecule has 0 bridgehead atoms. The van der Waals surface area contributed by atoms with E-state index in [0.717, 1.165) is 30.2 Å². The molecule has 2 aromatic rings. The van der Waals surface area contributed by atoms with E-state index in [2.05, 4.69) is 20.4 Å². The van der Waals surface area contributed by atoms with E-state index in [4.69, 9.17) is 5.73 Å². The van der Waals surface area contributed by atoms with Crippen LogP contribution >= 0.6 is 0 Å². The average Bonchev–Trinajstić information content (AvgIpc) is 2.95. The van der Waals surface area contributed by atoms with Gasteiger partial charge in [0.05, 0.1) is 13.1 Å². The first-order valence-corrected chi connectivity index (χ1v) is 6.93. The number of carbonyl (C=O) groups excluding carboxylic acids is 1. The first-order chi connectivity index (χ1) is 10.3. The summed E-state index contributed by atoms with van der Waals surface area (Å²) in [4.78, 5) is 14.2. The second kappa shape index (κ2) is 6.02. The van der Waals surface area contributed by atoms with Gasteiger partial charge in [0.15, 0.2) is 0 Å². The van der Waals surface area contributed by atoms with Gasteiger partial charge in [0, 0.05) is 25.3 Å². The Labute approximate surface area is 122 Å². The van der Waals surface area contributed by atoms with Crippen molar-refractivity contribution in [1.82, 2.24) is 19.7 Å². The third-order valence-corrected chi connectivity index (χ3v) is 3.60. The number of nitrogens with two attached hydrogens (primary N) is 1. The molecule has 110 valence electrons. The number of amides is 1. The third kappa shape index (κ3) is 3.09. The zero-order valence-electron chi connectivity index (χ0n) is 11.7. The number of anilines is 1. The van der Waals surface area contributed by atoms with E-state index >= 15 is 0 Å². The molecule has 0 saturated heterocycles. The van der Waals surface area contributed by atoms with Gasteiger partial charge in [0.1, 0.15) is 12.2 Å². The molecule has 0 atom stereocenters. The minimum absolute atomic E-state index is 0.0381. The Balaban J connectivity index is 1.60. The molecule has 0 unspecified atom stereocenters. The molecule has 21 heavy (non-hydrogen) atoms. The number of aromatic nitrogens is 3. The highest BCUT2D eigenvalue weighted by Crippen LogP contribution is 2.14. The summed E-state index contributed by atoms with van der Waals surface area (Å²) in [6.45, 7) is 3.02. The van der Waals surface area contributed by atoms with E-state index < -0.39 is 0 Å². The maximum atomic E-state index is 12.2. The van der Waals surface area contributed by atoms with E-state index in [1.54, 1.807) is 6.33 Å². The fourth-order valence-electron chi connectivity index (χ4n) is 2.46. The minimum atomic E-state index is -0.0381. The molecule has 1 amide bonds. The second-order valence-corrected chi connectivity index (χ2v) is 5.06. The summed E-state index contributed by atoms with van der Waals surface area (Å²) in [5, 5.41) is 10.9. The van der Waals surface area contributed by atoms with Gasteiger partial charge in [0.25, 0.3) is 0 Å². The zero-order valence-corrected chi connectivity index (χ0v) is 11.7. The highest BCUT2D eigenvalue weighted by atomic mass is 16.2. The Morgan fingerprint density at radius 3 is 3.05 bits per heavy atom. The number of rotatable bonds is 4. The van der Waals surface area contributed by atoms with Crippen molar-refractivity contribution in [2.45, 2.75) is 19.6 Å². The number of carbonyl (C=O) groups is 1. The molecule has 7 heteroatoms. The van der Waals surface area contributed by atoms with Crippen LogP contribution in [0.4, 0.5) is 5.69 Å². The van der Waals surface area contributed by atoms with E-state index in [-0.39, 0.29) is 5.91 Å². The van der Waals surface area contributed by atoms with E-state index in [0.29, 0.717) is 19.6 Å². The van der Waals surface area contributed by atoms with Crippen LogP contribution in [-0.2, 0) is 24.4 Å². The molecule has 2 heterocycles. The lowest BCUT2D eigenvalue weighted by atomic mass is 10.2. The molecule has 3 rings (SSSR count). The van der Waals surface area contributed by atoms with Gasteiger partial charge in [-0.2, -0.15) is 0 Å². The van der Waals surface area contributed by atoms with Gasteiger partial charge in [-0.25, -0.2) is 0 Å². The van der Waals surface area contributed by atoms with Gasteiger partial charge in [-0.05, 0) is 11.6 Å². The predicted molar refractivity (Wildman–Crippen MR) is 78.3 cm³/mol. The van der Waals surface area contributed by atoms with Crippen molar-refractivity contribution in [3.8, 4) is 0 Å². The Bertz CT molecular complexity index is 638. The average molecular weight is 286 g/mol. The van der Waals surface area contributed by atoms with Crippen LogP contribution < -0.4 is 11.1 Å². The topological polar surface area (TPSA) is 89.1 Å². The summed E-state index contributed by atoms with van der Waals surface area (Å²) < 4.78 is 2.01. The quantitative estimate of drug-likeness (QED) is 0.837. The lowest BCUT2D eigenvalue weighted by Gasteiger charge is -2.26. The maximum absolute atomic E-state index is 12.2. The minimum Gasteiger partial charge on any atom is -0.326 e. The molecule has 1 aromatic carbocycles. The summed E-state index contributed by atoms with van der Waals surface area (Å²) in [7, 11) is 0. The van der Waals surface area contributed by atoms with Crippen molar-refractivity contribution in [2.75, 3.05) is 18.4 Å². The first kappa shape index (κ1) is 13.7. The largest absolute Gasteiger partial charge is 0.326 e. The van der Waals surface area contributed by atoms with Gasteiger partial charge in [-0.15, -0.1) is 10.2 Å². The molecule has 0 aliphatic carbocycles. The fourth-order valence-corrected chi connectivity index (χ4v) is 2.46. The summed E-state index contributed by atoms with van der Waals surface area (Å²) in [5.74, 6) is 0.861. The smallest absolute Gasteiger partial charge is 0.238 e. The standard InChI is InChI=1S/C14H18N6O/c15-7-11-3-1-2-4-12(11)17-14(21)9-19-5-6-20-10-16-18-13(20)8-19/h1-4,10H,5-9,15H2,(H,17,21). The summed E-state index contributed by atoms with van der Waals surface area (Å²) >= 11 is 0. The predicted octanol–water partition coefficient (Wildman–Crippen LogP) is 0.191. The molecule has 7 nitrogen and oxygen atoms in total. The SMILES string of the molecule is NCc1ccccc1NC(=O)CN1CCn2cnnc2C1. The van der Waals surface area contributed by atoms with Gasteiger partial charge >= 0.3 is 0 Å². The van der Waals surface area contributed by atoms with Crippen LogP contribution in [0.5, 0.6) is 0 Å². The van der Waals surface area contributed by atoms with Crippen LogP contribution in [0.25, 0.3) is 0 Å². The number of hydrogen-bond donors (Lipinski definition) is 2. The van der Waals surface area contributed by atoms with Crippen molar-refractivity contribution in [1.29, 1.82) is 0 Å². The monoisotopic (exact) mass is 286 g/mol. The van der Waals surface area contributed by atoms with E-state index in [9.17, 15) is 4.79 Å². The highest BCUT2D eigenvalue weighted by Gasteiger charge is 2.19. The van der Waals surface area contributed by atoms with Crippen LogP contribution in [0.2, 0.25) is 0 Å². The molecule has 0 spiro atoms. The van der Waals surface area contributed by atoms with Crippen LogP contribution in [-0.4, -0.2) is 38.7 Å². The number of nitrogens with one attached hydrogen (secondary N) is 1. The van der Waals surface area contributed by atoms with Crippen LogP contribution in [0.15, 0.2) is 30.6 Å². The van der Waals surface area contributed by atoms with E-state index in [1.807, 2.05) is 28.8 Å². The highest BCUT2D eigenvalue weighted by molar-refractivity contribution is 5.93.